The first kappa shape index (κ1) is 20.2. The lowest BCUT2D eigenvalue weighted by atomic mass is 9.72. The van der Waals surface area contributed by atoms with Crippen molar-refractivity contribution in [2.24, 2.45) is 0 Å². The molecule has 1 aromatic heterocycles. The third kappa shape index (κ3) is 3.21. The van der Waals surface area contributed by atoms with Gasteiger partial charge >= 0.3 is 0 Å². The van der Waals surface area contributed by atoms with E-state index in [9.17, 15) is 9.90 Å². The molecular formula is C25H24N2O5. The van der Waals surface area contributed by atoms with E-state index < -0.39 is 0 Å². The molecule has 0 bridgehead atoms. The number of phenolic OH excluding ortho intramolecular Hbond substituents is 1. The fourth-order valence-corrected chi connectivity index (χ4v) is 4.85. The highest BCUT2D eigenvalue weighted by molar-refractivity contribution is 6.01. The molecule has 32 heavy (non-hydrogen) atoms. The van der Waals surface area contributed by atoms with Crippen LogP contribution in [0.2, 0.25) is 0 Å². The second kappa shape index (κ2) is 7.75. The Morgan fingerprint density at radius 2 is 1.88 bits per heavy atom. The maximum atomic E-state index is 13.5. The van der Waals surface area contributed by atoms with Gasteiger partial charge in [-0.1, -0.05) is 23.4 Å². The van der Waals surface area contributed by atoms with Crippen molar-refractivity contribution in [3.63, 3.8) is 0 Å². The van der Waals surface area contributed by atoms with Crippen LogP contribution in [0, 0.1) is 6.92 Å². The van der Waals surface area contributed by atoms with Crippen LogP contribution >= 0.6 is 0 Å². The maximum Gasteiger partial charge on any atom is 0.233 e. The number of allylic oxidation sites excluding steroid dienone is 2. The minimum absolute atomic E-state index is 0.0102. The summed E-state index contributed by atoms with van der Waals surface area (Å²) in [5, 5.41) is 17.5. The molecule has 0 amide bonds. The molecule has 3 aromatic rings. The van der Waals surface area contributed by atoms with Crippen LogP contribution in [0.4, 0.5) is 5.88 Å². The quantitative estimate of drug-likeness (QED) is 0.619. The molecule has 2 heterocycles. The third-order valence-electron chi connectivity index (χ3n) is 6.34. The molecule has 0 fully saturated rings. The molecule has 5 rings (SSSR count). The highest BCUT2D eigenvalue weighted by Gasteiger charge is 2.41. The number of aromatic nitrogens is 1. The zero-order valence-corrected chi connectivity index (χ0v) is 18.1. The lowest BCUT2D eigenvalue weighted by Gasteiger charge is -2.34. The van der Waals surface area contributed by atoms with Gasteiger partial charge in [0.15, 0.2) is 17.3 Å². The summed E-state index contributed by atoms with van der Waals surface area (Å²) in [6.45, 7) is 1.87. The molecule has 7 heteroatoms. The Bertz CT molecular complexity index is 1240. The number of nitrogens with zero attached hydrogens (tertiary/aromatic N) is 1. The number of hydrogen-bond acceptors (Lipinski definition) is 7. The minimum atomic E-state index is -0.335. The van der Waals surface area contributed by atoms with Crippen LogP contribution in [0.15, 0.2) is 58.3 Å². The minimum Gasteiger partial charge on any atom is -0.508 e. The molecule has 0 saturated carbocycles. The van der Waals surface area contributed by atoms with Crippen molar-refractivity contribution >= 4 is 11.7 Å². The van der Waals surface area contributed by atoms with Gasteiger partial charge in [0.05, 0.1) is 25.5 Å². The number of Topliss-reactive ketones (excluding diaryl/α,β-unsaturated/α-hetero) is 1. The topological polar surface area (TPSA) is 93.8 Å². The first-order chi connectivity index (χ1) is 15.5. The van der Waals surface area contributed by atoms with Crippen molar-refractivity contribution in [2.75, 3.05) is 19.5 Å². The van der Waals surface area contributed by atoms with Gasteiger partial charge in [-0.15, -0.1) is 0 Å². The number of ether oxygens (including phenoxy) is 2. The molecule has 0 spiro atoms. The molecule has 0 saturated heterocycles. The van der Waals surface area contributed by atoms with Crippen LogP contribution in [-0.4, -0.2) is 30.3 Å². The fourth-order valence-electron chi connectivity index (χ4n) is 4.85. The summed E-state index contributed by atoms with van der Waals surface area (Å²) in [4.78, 5) is 13.5. The van der Waals surface area contributed by atoms with Gasteiger partial charge in [0.2, 0.25) is 5.88 Å². The number of hydrogen-bond donors (Lipinski definition) is 2. The van der Waals surface area contributed by atoms with E-state index >= 15 is 0 Å². The molecule has 2 N–H and O–H groups in total. The van der Waals surface area contributed by atoms with Crippen molar-refractivity contribution in [1.29, 1.82) is 0 Å². The Kier molecular flexibility index (Phi) is 4.89. The molecule has 2 atom stereocenters. The number of ketones is 1. The molecular weight excluding hydrogens is 408 g/mol. The number of nitrogens with one attached hydrogen (secondary N) is 1. The molecule has 7 nitrogen and oxygen atoms in total. The Morgan fingerprint density at radius 1 is 1.06 bits per heavy atom. The predicted molar refractivity (Wildman–Crippen MR) is 118 cm³/mol. The van der Waals surface area contributed by atoms with Crippen molar-refractivity contribution in [1.82, 2.24) is 5.16 Å². The smallest absolute Gasteiger partial charge is 0.233 e. The van der Waals surface area contributed by atoms with Gasteiger partial charge in [0.1, 0.15) is 5.75 Å². The summed E-state index contributed by atoms with van der Waals surface area (Å²) in [7, 11) is 3.20. The molecule has 0 radical (unpaired) electrons. The molecule has 164 valence electrons. The number of carbonyl (C=O) groups is 1. The van der Waals surface area contributed by atoms with E-state index in [4.69, 9.17) is 14.0 Å². The van der Waals surface area contributed by atoms with E-state index in [-0.39, 0.29) is 23.4 Å². The maximum absolute atomic E-state index is 13.5. The summed E-state index contributed by atoms with van der Waals surface area (Å²) in [5.41, 5.74) is 4.96. The number of aryl methyl sites for hydroxylation is 1. The lowest BCUT2D eigenvalue weighted by molar-refractivity contribution is -0.116. The van der Waals surface area contributed by atoms with Crippen molar-refractivity contribution in [3.05, 3.63) is 76.1 Å². The number of methoxy groups -OCH3 is 2. The number of carbonyl (C=O) groups excluding carboxylic acids is 1. The normalized spacial score (nSPS) is 19.8. The van der Waals surface area contributed by atoms with Gasteiger partial charge in [-0.2, -0.15) is 0 Å². The van der Waals surface area contributed by atoms with E-state index in [0.29, 0.717) is 35.8 Å². The Labute approximate surface area is 185 Å². The molecule has 1 aliphatic heterocycles. The van der Waals surface area contributed by atoms with Gasteiger partial charge in [-0.3, -0.25) is 4.79 Å². The fraction of sp³-hybridized carbons (Fsp3) is 0.280. The second-order valence-electron chi connectivity index (χ2n) is 8.20. The van der Waals surface area contributed by atoms with E-state index in [1.54, 1.807) is 32.4 Å². The first-order valence-electron chi connectivity index (χ1n) is 10.5. The molecule has 2 aromatic carbocycles. The van der Waals surface area contributed by atoms with E-state index in [1.165, 1.54) is 0 Å². The standard InChI is InChI=1S/C25H24N2O5/c1-13-22-23(15-5-4-6-17(28)9-15)24-18(26-25(22)32-27-13)10-16(11-19(24)29)14-7-8-20(30-2)21(12-14)31-3/h4-9,12,16,23,26,28H,10-11H2,1-3H3/t16-,23-/m1/s1. The first-order valence-corrected chi connectivity index (χ1v) is 10.5. The van der Waals surface area contributed by atoms with Crippen LogP contribution in [0.25, 0.3) is 0 Å². The van der Waals surface area contributed by atoms with Crippen LogP contribution < -0.4 is 14.8 Å². The Morgan fingerprint density at radius 3 is 2.62 bits per heavy atom. The number of rotatable bonds is 4. The molecule has 2 aliphatic rings. The number of benzene rings is 2. The Balaban J connectivity index is 1.58. The largest absolute Gasteiger partial charge is 0.508 e. The van der Waals surface area contributed by atoms with E-state index in [0.717, 1.165) is 28.1 Å². The van der Waals surface area contributed by atoms with Gasteiger partial charge in [-0.05, 0) is 54.7 Å². The number of phenols is 1. The summed E-state index contributed by atoms with van der Waals surface area (Å²) < 4.78 is 16.4. The summed E-state index contributed by atoms with van der Waals surface area (Å²) in [6.07, 6.45) is 1.02. The number of aromatic hydroxyl groups is 1. The van der Waals surface area contributed by atoms with E-state index in [2.05, 4.69) is 10.5 Å². The van der Waals surface area contributed by atoms with Gasteiger partial charge < -0.3 is 24.4 Å². The monoisotopic (exact) mass is 432 g/mol. The van der Waals surface area contributed by atoms with Crippen LogP contribution in [0.1, 0.15) is 47.1 Å². The van der Waals surface area contributed by atoms with E-state index in [1.807, 2.05) is 31.2 Å². The summed E-state index contributed by atoms with van der Waals surface area (Å²) >= 11 is 0. The zero-order chi connectivity index (χ0) is 22.4. The molecule has 1 aliphatic carbocycles. The summed E-state index contributed by atoms with van der Waals surface area (Å²) in [5.74, 6) is 1.72. The van der Waals surface area contributed by atoms with Crippen LogP contribution in [0.3, 0.4) is 0 Å². The zero-order valence-electron chi connectivity index (χ0n) is 18.1. The number of anilines is 1. The lowest BCUT2D eigenvalue weighted by Crippen LogP contribution is -2.29. The SMILES string of the molecule is COc1ccc([C@H]2CC(=O)C3=C(C2)Nc2onc(C)c2[C@H]3c2cccc(O)c2)cc1OC. The van der Waals surface area contributed by atoms with Crippen molar-refractivity contribution < 1.29 is 23.9 Å². The van der Waals surface area contributed by atoms with Crippen LogP contribution in [0.5, 0.6) is 17.2 Å². The van der Waals surface area contributed by atoms with Gasteiger partial charge in [-0.25, -0.2) is 0 Å². The average Bonchev–Trinajstić information content (AvgIpc) is 3.17. The van der Waals surface area contributed by atoms with Crippen molar-refractivity contribution in [2.45, 2.75) is 31.6 Å². The number of fused-ring (bicyclic) bond motifs is 1. The van der Waals surface area contributed by atoms with Crippen molar-refractivity contribution in [3.8, 4) is 17.2 Å². The summed E-state index contributed by atoms with van der Waals surface area (Å²) in [6, 6.07) is 12.8. The van der Waals surface area contributed by atoms with Gasteiger partial charge in [0, 0.05) is 23.6 Å². The van der Waals surface area contributed by atoms with Crippen LogP contribution in [-0.2, 0) is 4.79 Å². The second-order valence-corrected chi connectivity index (χ2v) is 8.20. The average molecular weight is 432 g/mol. The van der Waals surface area contributed by atoms with Gasteiger partial charge in [0.25, 0.3) is 0 Å². The molecule has 0 unspecified atom stereocenters. The third-order valence-corrected chi connectivity index (χ3v) is 6.34. The highest BCUT2D eigenvalue weighted by Crippen LogP contribution is 2.49. The Hall–Kier alpha value is -3.74. The predicted octanol–water partition coefficient (Wildman–Crippen LogP) is 4.66. The highest BCUT2D eigenvalue weighted by atomic mass is 16.5.